The van der Waals surface area contributed by atoms with Crippen LogP contribution in [0.1, 0.15) is 40.0 Å². The van der Waals surface area contributed by atoms with Crippen molar-refractivity contribution in [1.82, 2.24) is 0 Å². The SMILES string of the molecule is C=C(C)COCCCOP(OCCCOCC(=C)C)OCCCOCC(=C)C. The zero-order valence-electron chi connectivity index (χ0n) is 18.0. The van der Waals surface area contributed by atoms with Gasteiger partial charge in [-0.1, -0.05) is 36.5 Å². The van der Waals surface area contributed by atoms with E-state index in [-0.39, 0.29) is 0 Å². The lowest BCUT2D eigenvalue weighted by molar-refractivity contribution is 0.100. The first-order valence-electron chi connectivity index (χ1n) is 9.77. The highest BCUT2D eigenvalue weighted by molar-refractivity contribution is 7.41. The van der Waals surface area contributed by atoms with Crippen molar-refractivity contribution in [3.05, 3.63) is 36.5 Å². The van der Waals surface area contributed by atoms with Crippen molar-refractivity contribution in [1.29, 1.82) is 0 Å². The Hall–Kier alpha value is -0.590. The first-order valence-corrected chi connectivity index (χ1v) is 10.9. The maximum atomic E-state index is 5.75. The van der Waals surface area contributed by atoms with Crippen LogP contribution in [0.15, 0.2) is 36.5 Å². The Morgan fingerprint density at radius 2 is 0.821 bits per heavy atom. The lowest BCUT2D eigenvalue weighted by atomic mass is 10.4. The van der Waals surface area contributed by atoms with E-state index < -0.39 is 8.60 Å². The van der Waals surface area contributed by atoms with Crippen molar-refractivity contribution < 1.29 is 27.8 Å². The monoisotopic (exact) mass is 418 g/mol. The molecule has 0 rings (SSSR count). The number of hydrogen-bond donors (Lipinski definition) is 0. The molecule has 0 bridgehead atoms. The molecule has 0 spiro atoms. The van der Waals surface area contributed by atoms with Crippen LogP contribution in [0.3, 0.4) is 0 Å². The molecule has 0 aliphatic carbocycles. The van der Waals surface area contributed by atoms with Gasteiger partial charge in [-0.15, -0.1) is 0 Å². The van der Waals surface area contributed by atoms with Gasteiger partial charge in [0.05, 0.1) is 39.6 Å². The fourth-order valence-corrected chi connectivity index (χ4v) is 2.81. The molecule has 28 heavy (non-hydrogen) atoms. The van der Waals surface area contributed by atoms with Gasteiger partial charge in [0.1, 0.15) is 0 Å². The zero-order valence-corrected chi connectivity index (χ0v) is 18.9. The van der Waals surface area contributed by atoms with Gasteiger partial charge in [-0.2, -0.15) is 0 Å². The minimum atomic E-state index is -1.38. The molecular formula is C21H39O6P. The third-order valence-electron chi connectivity index (χ3n) is 2.93. The molecule has 0 aromatic heterocycles. The predicted octanol–water partition coefficient (Wildman–Crippen LogP) is 5.21. The summed E-state index contributed by atoms with van der Waals surface area (Å²) in [6.07, 6.45) is 2.34. The van der Waals surface area contributed by atoms with Crippen LogP contribution in [0.2, 0.25) is 0 Å². The fourth-order valence-electron chi connectivity index (χ4n) is 1.75. The standard InChI is InChI=1S/C21H39O6P/c1-19(2)16-22-10-7-13-25-28(26-14-8-11-23-17-20(3)4)27-15-9-12-24-18-21(5)6/h1,3,5,7-18H2,2,4,6H3. The Labute approximate surface area is 172 Å². The second-order valence-electron chi connectivity index (χ2n) is 6.81. The smallest absolute Gasteiger partial charge is 0.332 e. The Morgan fingerprint density at radius 1 is 0.536 bits per heavy atom. The maximum Gasteiger partial charge on any atom is 0.332 e. The molecule has 0 atom stereocenters. The van der Waals surface area contributed by atoms with Crippen LogP contribution in [0, 0.1) is 0 Å². The van der Waals surface area contributed by atoms with Gasteiger partial charge in [0.15, 0.2) is 0 Å². The summed E-state index contributed by atoms with van der Waals surface area (Å²) < 4.78 is 33.6. The molecule has 7 heteroatoms. The van der Waals surface area contributed by atoms with E-state index in [1.807, 2.05) is 20.8 Å². The molecule has 164 valence electrons. The Balaban J connectivity index is 3.93. The van der Waals surface area contributed by atoms with Crippen LogP contribution in [0.25, 0.3) is 0 Å². The summed E-state index contributed by atoms with van der Waals surface area (Å²) >= 11 is 0. The lowest BCUT2D eigenvalue weighted by Crippen LogP contribution is -2.06. The Bertz CT molecular complexity index is 365. The molecule has 0 aliphatic rings. The molecule has 0 radical (unpaired) electrons. The van der Waals surface area contributed by atoms with E-state index in [2.05, 4.69) is 19.7 Å². The van der Waals surface area contributed by atoms with E-state index in [1.165, 1.54) is 0 Å². The molecule has 0 N–H and O–H groups in total. The van der Waals surface area contributed by atoms with Crippen molar-refractivity contribution in [2.24, 2.45) is 0 Å². The van der Waals surface area contributed by atoms with Crippen LogP contribution in [0.5, 0.6) is 0 Å². The highest BCUT2D eigenvalue weighted by Gasteiger charge is 2.12. The van der Waals surface area contributed by atoms with E-state index in [4.69, 9.17) is 27.8 Å². The highest BCUT2D eigenvalue weighted by atomic mass is 31.2. The van der Waals surface area contributed by atoms with E-state index in [0.29, 0.717) is 59.5 Å². The molecule has 0 unspecified atom stereocenters. The van der Waals surface area contributed by atoms with Gasteiger partial charge in [-0.25, -0.2) is 0 Å². The van der Waals surface area contributed by atoms with Crippen LogP contribution < -0.4 is 0 Å². The minimum Gasteiger partial charge on any atom is -0.377 e. The zero-order chi connectivity index (χ0) is 21.0. The van der Waals surface area contributed by atoms with Gasteiger partial charge in [-0.3, -0.25) is 0 Å². The third kappa shape index (κ3) is 21.7. The van der Waals surface area contributed by atoms with Crippen LogP contribution >= 0.6 is 8.60 Å². The fraction of sp³-hybridized carbons (Fsp3) is 0.714. The highest BCUT2D eigenvalue weighted by Crippen LogP contribution is 2.39. The predicted molar refractivity (Wildman–Crippen MR) is 116 cm³/mol. The van der Waals surface area contributed by atoms with E-state index >= 15 is 0 Å². The molecule has 0 saturated carbocycles. The lowest BCUT2D eigenvalue weighted by Gasteiger charge is -2.17. The van der Waals surface area contributed by atoms with Crippen molar-refractivity contribution in [3.63, 3.8) is 0 Å². The molecule has 0 aromatic rings. The van der Waals surface area contributed by atoms with E-state index in [9.17, 15) is 0 Å². The van der Waals surface area contributed by atoms with Crippen molar-refractivity contribution in [2.75, 3.05) is 59.5 Å². The second kappa shape index (κ2) is 19.7. The number of ether oxygens (including phenoxy) is 3. The van der Waals surface area contributed by atoms with Gasteiger partial charge in [0, 0.05) is 19.8 Å². The number of rotatable bonds is 21. The first kappa shape index (κ1) is 27.4. The summed E-state index contributed by atoms with van der Waals surface area (Å²) in [7, 11) is -1.38. The summed E-state index contributed by atoms with van der Waals surface area (Å²) in [4.78, 5) is 0. The van der Waals surface area contributed by atoms with Crippen molar-refractivity contribution in [3.8, 4) is 0 Å². The minimum absolute atomic E-state index is 0.528. The topological polar surface area (TPSA) is 55.4 Å². The summed E-state index contributed by atoms with van der Waals surface area (Å²) in [5.41, 5.74) is 3.03. The largest absolute Gasteiger partial charge is 0.377 e. The van der Waals surface area contributed by atoms with Crippen LogP contribution in [-0.4, -0.2) is 59.5 Å². The average Bonchev–Trinajstić information content (AvgIpc) is 2.62. The quantitative estimate of drug-likeness (QED) is 0.145. The summed E-state index contributed by atoms with van der Waals surface area (Å²) in [6.45, 7) is 22.4. The number of hydrogen-bond acceptors (Lipinski definition) is 6. The molecule has 6 nitrogen and oxygen atoms in total. The van der Waals surface area contributed by atoms with Gasteiger partial charge < -0.3 is 27.8 Å². The van der Waals surface area contributed by atoms with Gasteiger partial charge in [-0.05, 0) is 40.0 Å². The van der Waals surface area contributed by atoms with Crippen LogP contribution in [0.4, 0.5) is 0 Å². The molecule has 0 aromatic carbocycles. The molecule has 0 amide bonds. The normalized spacial score (nSPS) is 11.1. The third-order valence-corrected chi connectivity index (χ3v) is 4.11. The van der Waals surface area contributed by atoms with Gasteiger partial charge in [0.2, 0.25) is 0 Å². The van der Waals surface area contributed by atoms with E-state index in [1.54, 1.807) is 0 Å². The average molecular weight is 419 g/mol. The second-order valence-corrected chi connectivity index (χ2v) is 8.03. The summed E-state index contributed by atoms with van der Waals surface area (Å²) in [6, 6.07) is 0. The Kier molecular flexibility index (Phi) is 19.3. The summed E-state index contributed by atoms with van der Waals surface area (Å²) in [5.74, 6) is 0. The Morgan fingerprint density at radius 3 is 1.07 bits per heavy atom. The molecule has 0 heterocycles. The molecule has 0 saturated heterocycles. The maximum absolute atomic E-state index is 5.75. The van der Waals surface area contributed by atoms with Crippen molar-refractivity contribution in [2.45, 2.75) is 40.0 Å². The van der Waals surface area contributed by atoms with Crippen LogP contribution in [-0.2, 0) is 27.8 Å². The summed E-state index contributed by atoms with van der Waals surface area (Å²) in [5, 5.41) is 0. The molecular weight excluding hydrogens is 379 g/mol. The molecule has 0 fully saturated rings. The van der Waals surface area contributed by atoms with Crippen molar-refractivity contribution >= 4 is 8.60 Å². The first-order chi connectivity index (χ1) is 13.4. The molecule has 0 aliphatic heterocycles. The van der Waals surface area contributed by atoms with E-state index in [0.717, 1.165) is 36.0 Å². The van der Waals surface area contributed by atoms with Gasteiger partial charge >= 0.3 is 8.60 Å². The van der Waals surface area contributed by atoms with Gasteiger partial charge in [0.25, 0.3) is 0 Å².